The van der Waals surface area contributed by atoms with E-state index in [9.17, 15) is 0 Å². The Labute approximate surface area is 94.1 Å². The number of alkyl halides is 1. The summed E-state index contributed by atoms with van der Waals surface area (Å²) in [5.74, 6) is 0.951. The quantitative estimate of drug-likeness (QED) is 0.749. The molecule has 1 fully saturated rings. The zero-order valence-electron chi connectivity index (χ0n) is 8.54. The second-order valence-corrected chi connectivity index (χ2v) is 5.37. The monoisotopic (exact) mass is 253 g/mol. The van der Waals surface area contributed by atoms with Crippen LogP contribution in [0.3, 0.4) is 0 Å². The number of aromatic nitrogens is 1. The smallest absolute Gasteiger partial charge is 0.0302 e. The molecule has 0 saturated heterocycles. The van der Waals surface area contributed by atoms with Crippen LogP contribution in [0.2, 0.25) is 0 Å². The molecule has 2 heteroatoms. The first-order chi connectivity index (χ1) is 6.77. The van der Waals surface area contributed by atoms with Gasteiger partial charge in [-0.15, -0.1) is 0 Å². The fraction of sp³-hybridized carbons (Fsp3) is 0.583. The first kappa shape index (κ1) is 10.2. The highest BCUT2D eigenvalue weighted by Gasteiger charge is 2.28. The second-order valence-electron chi connectivity index (χ2n) is 4.19. The highest BCUT2D eigenvalue weighted by Crippen LogP contribution is 2.38. The summed E-state index contributed by atoms with van der Waals surface area (Å²) in [6.45, 7) is 2.16. The molecule has 0 bridgehead atoms. The molecule has 0 N–H and O–H groups in total. The third-order valence-corrected chi connectivity index (χ3v) is 4.18. The van der Waals surface area contributed by atoms with Crippen LogP contribution in [0.4, 0.5) is 0 Å². The molecule has 76 valence electrons. The predicted octanol–water partition coefficient (Wildman–Crippen LogP) is 3.50. The maximum atomic E-state index is 4.17. The lowest BCUT2D eigenvalue weighted by Crippen LogP contribution is -2.03. The van der Waals surface area contributed by atoms with Gasteiger partial charge in [0.1, 0.15) is 0 Å². The van der Waals surface area contributed by atoms with Crippen LogP contribution in [-0.2, 0) is 6.42 Å². The van der Waals surface area contributed by atoms with Crippen molar-refractivity contribution in [2.45, 2.75) is 37.4 Å². The summed E-state index contributed by atoms with van der Waals surface area (Å²) >= 11 is 3.77. The van der Waals surface area contributed by atoms with Gasteiger partial charge in [0, 0.05) is 17.2 Å². The largest absolute Gasteiger partial charge is 0.264 e. The zero-order valence-corrected chi connectivity index (χ0v) is 10.1. The topological polar surface area (TPSA) is 12.9 Å². The van der Waals surface area contributed by atoms with Crippen LogP contribution in [-0.4, -0.2) is 9.81 Å². The molecule has 1 unspecified atom stereocenters. The summed E-state index contributed by atoms with van der Waals surface area (Å²) in [7, 11) is 0. The highest BCUT2D eigenvalue weighted by atomic mass is 79.9. The van der Waals surface area contributed by atoms with Gasteiger partial charge >= 0.3 is 0 Å². The first-order valence-corrected chi connectivity index (χ1v) is 6.22. The van der Waals surface area contributed by atoms with Gasteiger partial charge in [-0.25, -0.2) is 0 Å². The molecule has 1 saturated carbocycles. The van der Waals surface area contributed by atoms with Gasteiger partial charge in [0.05, 0.1) is 0 Å². The van der Waals surface area contributed by atoms with Gasteiger partial charge in [-0.05, 0) is 55.7 Å². The Morgan fingerprint density at radius 2 is 2.36 bits per heavy atom. The fourth-order valence-electron chi connectivity index (χ4n) is 1.75. The summed E-state index contributed by atoms with van der Waals surface area (Å²) in [4.78, 5) is 4.89. The van der Waals surface area contributed by atoms with E-state index in [1.165, 1.54) is 30.4 Å². The van der Waals surface area contributed by atoms with Crippen molar-refractivity contribution in [3.63, 3.8) is 0 Å². The molecule has 0 aromatic carbocycles. The Balaban J connectivity index is 1.87. The lowest BCUT2D eigenvalue weighted by atomic mass is 10.0. The van der Waals surface area contributed by atoms with Crippen molar-refractivity contribution in [1.82, 2.24) is 4.98 Å². The number of pyridine rings is 1. The molecule has 0 radical (unpaired) electrons. The third kappa shape index (κ3) is 2.57. The number of hydrogen-bond acceptors (Lipinski definition) is 1. The van der Waals surface area contributed by atoms with Crippen LogP contribution in [0.25, 0.3) is 0 Å². The van der Waals surface area contributed by atoms with E-state index in [1.807, 2.05) is 12.4 Å². The number of nitrogens with zero attached hydrogens (tertiary/aromatic N) is 1. The van der Waals surface area contributed by atoms with E-state index in [2.05, 4.69) is 33.9 Å². The average Bonchev–Trinajstić information content (AvgIpc) is 2.99. The van der Waals surface area contributed by atoms with Gasteiger partial charge in [0.15, 0.2) is 0 Å². The molecular formula is C12H16BrN. The van der Waals surface area contributed by atoms with Gasteiger partial charge in [0.25, 0.3) is 0 Å². The molecule has 1 nitrogen and oxygen atoms in total. The maximum Gasteiger partial charge on any atom is 0.0302 e. The minimum atomic E-state index is 0.724. The van der Waals surface area contributed by atoms with Gasteiger partial charge in [-0.3, -0.25) is 4.98 Å². The molecule has 1 aromatic heterocycles. The van der Waals surface area contributed by atoms with Gasteiger partial charge in [0.2, 0.25) is 0 Å². The van der Waals surface area contributed by atoms with Crippen molar-refractivity contribution in [3.8, 4) is 0 Å². The van der Waals surface area contributed by atoms with Crippen LogP contribution in [0, 0.1) is 12.8 Å². The molecular weight excluding hydrogens is 238 g/mol. The molecule has 0 amide bonds. The molecule has 0 spiro atoms. The van der Waals surface area contributed by atoms with E-state index < -0.39 is 0 Å². The lowest BCUT2D eigenvalue weighted by molar-refractivity contribution is 0.693. The molecule has 1 aliphatic rings. The maximum absolute atomic E-state index is 4.17. The summed E-state index contributed by atoms with van der Waals surface area (Å²) in [5.41, 5.74) is 2.77. The van der Waals surface area contributed by atoms with E-state index >= 15 is 0 Å². The Morgan fingerprint density at radius 1 is 1.57 bits per heavy atom. The van der Waals surface area contributed by atoms with Crippen molar-refractivity contribution in [3.05, 3.63) is 29.6 Å². The van der Waals surface area contributed by atoms with E-state index in [4.69, 9.17) is 0 Å². The van der Waals surface area contributed by atoms with Crippen LogP contribution >= 0.6 is 15.9 Å². The normalized spacial score (nSPS) is 18.1. The van der Waals surface area contributed by atoms with Gasteiger partial charge in [-0.1, -0.05) is 15.9 Å². The Kier molecular flexibility index (Phi) is 3.22. The third-order valence-electron chi connectivity index (χ3n) is 2.97. The number of hydrogen-bond donors (Lipinski definition) is 0. The fourth-order valence-corrected chi connectivity index (χ4v) is 2.50. The average molecular weight is 254 g/mol. The first-order valence-electron chi connectivity index (χ1n) is 5.31. The Morgan fingerprint density at radius 3 is 3.00 bits per heavy atom. The Bertz CT molecular complexity index is 307. The second kappa shape index (κ2) is 4.43. The molecule has 1 aliphatic carbocycles. The summed E-state index contributed by atoms with van der Waals surface area (Å²) in [6, 6.07) is 2.09. The van der Waals surface area contributed by atoms with E-state index in [1.54, 1.807) is 0 Å². The molecule has 1 heterocycles. The van der Waals surface area contributed by atoms with Crippen LogP contribution in [0.5, 0.6) is 0 Å². The minimum Gasteiger partial charge on any atom is -0.264 e. The lowest BCUT2D eigenvalue weighted by Gasteiger charge is -2.09. The summed E-state index contributed by atoms with van der Waals surface area (Å²) in [6.07, 6.45) is 9.11. The van der Waals surface area contributed by atoms with E-state index in [0.717, 1.165) is 17.2 Å². The van der Waals surface area contributed by atoms with Crippen molar-refractivity contribution in [1.29, 1.82) is 0 Å². The van der Waals surface area contributed by atoms with Crippen LogP contribution in [0.1, 0.15) is 30.4 Å². The van der Waals surface area contributed by atoms with Crippen LogP contribution in [0.15, 0.2) is 18.5 Å². The van der Waals surface area contributed by atoms with Crippen molar-refractivity contribution < 1.29 is 0 Å². The van der Waals surface area contributed by atoms with Crippen LogP contribution < -0.4 is 0 Å². The molecule has 0 aliphatic heterocycles. The van der Waals surface area contributed by atoms with Crippen molar-refractivity contribution >= 4 is 15.9 Å². The zero-order chi connectivity index (χ0) is 9.97. The molecule has 14 heavy (non-hydrogen) atoms. The SMILES string of the molecule is Cc1ccncc1CCC(Br)C1CC1. The van der Waals surface area contributed by atoms with E-state index in [0.29, 0.717) is 0 Å². The van der Waals surface area contributed by atoms with Crippen molar-refractivity contribution in [2.24, 2.45) is 5.92 Å². The number of aryl methyl sites for hydroxylation is 2. The molecule has 1 aromatic rings. The summed E-state index contributed by atoms with van der Waals surface area (Å²) < 4.78 is 0. The van der Waals surface area contributed by atoms with Crippen molar-refractivity contribution in [2.75, 3.05) is 0 Å². The number of rotatable bonds is 4. The summed E-state index contributed by atoms with van der Waals surface area (Å²) in [5, 5.41) is 0. The highest BCUT2D eigenvalue weighted by molar-refractivity contribution is 9.09. The standard InChI is InChI=1S/C12H16BrN/c1-9-6-7-14-8-11(9)4-5-12(13)10-2-3-10/h6-8,10,12H,2-5H2,1H3. The van der Waals surface area contributed by atoms with Gasteiger partial charge in [-0.2, -0.15) is 0 Å². The minimum absolute atomic E-state index is 0.724. The predicted molar refractivity (Wildman–Crippen MR) is 62.7 cm³/mol. The van der Waals surface area contributed by atoms with Gasteiger partial charge < -0.3 is 0 Å². The molecule has 2 rings (SSSR count). The number of halogens is 1. The molecule has 1 atom stereocenters. The van der Waals surface area contributed by atoms with E-state index in [-0.39, 0.29) is 0 Å². The Hall–Kier alpha value is -0.370.